The summed E-state index contributed by atoms with van der Waals surface area (Å²) in [4.78, 5) is 0. The lowest BCUT2D eigenvalue weighted by atomic mass is 9.95. The second-order valence-electron chi connectivity index (χ2n) is 3.15. The topological polar surface area (TPSA) is 12.0 Å². The van der Waals surface area contributed by atoms with Crippen LogP contribution >= 0.6 is 0 Å². The Morgan fingerprint density at radius 2 is 2.09 bits per heavy atom. The Morgan fingerprint density at radius 1 is 1.45 bits per heavy atom. The SMILES string of the molecule is C=CNC(CC)C(C)CCC. The van der Waals surface area contributed by atoms with E-state index in [4.69, 9.17) is 0 Å². The average Bonchev–Trinajstić information content (AvgIpc) is 2.00. The van der Waals surface area contributed by atoms with E-state index in [1.807, 2.05) is 0 Å². The molecule has 0 spiro atoms. The minimum Gasteiger partial charge on any atom is -0.388 e. The lowest BCUT2D eigenvalue weighted by molar-refractivity contribution is 0.375. The molecule has 0 aromatic carbocycles. The van der Waals surface area contributed by atoms with Crippen LogP contribution in [0.15, 0.2) is 12.8 Å². The fraction of sp³-hybridized carbons (Fsp3) is 0.800. The first kappa shape index (κ1) is 10.5. The van der Waals surface area contributed by atoms with Gasteiger partial charge in [0.2, 0.25) is 0 Å². The minimum absolute atomic E-state index is 0.618. The van der Waals surface area contributed by atoms with Crippen molar-refractivity contribution in [2.45, 2.75) is 46.1 Å². The van der Waals surface area contributed by atoms with E-state index < -0.39 is 0 Å². The highest BCUT2D eigenvalue weighted by Crippen LogP contribution is 2.12. The monoisotopic (exact) mass is 155 g/mol. The Hall–Kier alpha value is -0.460. The lowest BCUT2D eigenvalue weighted by Crippen LogP contribution is -2.30. The van der Waals surface area contributed by atoms with Crippen LogP contribution in [-0.2, 0) is 0 Å². The first-order chi connectivity index (χ1) is 5.26. The van der Waals surface area contributed by atoms with Gasteiger partial charge < -0.3 is 5.32 Å². The molecule has 0 aliphatic carbocycles. The van der Waals surface area contributed by atoms with Gasteiger partial charge in [-0.2, -0.15) is 0 Å². The van der Waals surface area contributed by atoms with Gasteiger partial charge in [0.25, 0.3) is 0 Å². The van der Waals surface area contributed by atoms with Crippen LogP contribution in [0.1, 0.15) is 40.0 Å². The molecular weight excluding hydrogens is 134 g/mol. The smallest absolute Gasteiger partial charge is 0.0278 e. The summed E-state index contributed by atoms with van der Waals surface area (Å²) >= 11 is 0. The van der Waals surface area contributed by atoms with Crippen LogP contribution in [0.5, 0.6) is 0 Å². The number of rotatable bonds is 6. The van der Waals surface area contributed by atoms with Crippen molar-refractivity contribution in [2.24, 2.45) is 5.92 Å². The standard InChI is InChI=1S/C10H21N/c1-5-8-9(4)10(6-2)11-7-3/h7,9-11H,3,5-6,8H2,1-2,4H3. The number of hydrogen-bond donors (Lipinski definition) is 1. The zero-order valence-corrected chi connectivity index (χ0v) is 8.06. The molecule has 0 heterocycles. The molecule has 2 unspecified atom stereocenters. The van der Waals surface area contributed by atoms with Crippen LogP contribution in [0.2, 0.25) is 0 Å². The summed E-state index contributed by atoms with van der Waals surface area (Å²) in [5.41, 5.74) is 0. The van der Waals surface area contributed by atoms with Gasteiger partial charge in [-0.05, 0) is 25.0 Å². The molecule has 0 aliphatic rings. The van der Waals surface area contributed by atoms with Crippen molar-refractivity contribution < 1.29 is 0 Å². The predicted octanol–water partition coefficient (Wildman–Crippen LogP) is 2.93. The van der Waals surface area contributed by atoms with Crippen LogP contribution in [0, 0.1) is 5.92 Å². The lowest BCUT2D eigenvalue weighted by Gasteiger charge is -2.22. The largest absolute Gasteiger partial charge is 0.388 e. The maximum atomic E-state index is 3.68. The van der Waals surface area contributed by atoms with Gasteiger partial charge in [-0.25, -0.2) is 0 Å². The summed E-state index contributed by atoms with van der Waals surface area (Å²) in [6.45, 7) is 10.4. The van der Waals surface area contributed by atoms with Crippen LogP contribution in [-0.4, -0.2) is 6.04 Å². The van der Waals surface area contributed by atoms with Gasteiger partial charge in [0.1, 0.15) is 0 Å². The summed E-state index contributed by atoms with van der Waals surface area (Å²) in [7, 11) is 0. The van der Waals surface area contributed by atoms with Crippen molar-refractivity contribution in [1.29, 1.82) is 0 Å². The van der Waals surface area contributed by atoms with Gasteiger partial charge in [-0.1, -0.05) is 33.8 Å². The molecule has 0 fully saturated rings. The van der Waals surface area contributed by atoms with Crippen LogP contribution in [0.4, 0.5) is 0 Å². The molecule has 11 heavy (non-hydrogen) atoms. The molecule has 66 valence electrons. The molecular formula is C10H21N. The molecule has 0 radical (unpaired) electrons. The number of nitrogens with one attached hydrogen (secondary N) is 1. The Morgan fingerprint density at radius 3 is 2.45 bits per heavy atom. The molecule has 1 nitrogen and oxygen atoms in total. The van der Waals surface area contributed by atoms with Gasteiger partial charge >= 0.3 is 0 Å². The number of hydrogen-bond acceptors (Lipinski definition) is 1. The summed E-state index contributed by atoms with van der Waals surface area (Å²) < 4.78 is 0. The molecule has 2 atom stereocenters. The summed E-state index contributed by atoms with van der Waals surface area (Å²) in [6, 6.07) is 0.618. The van der Waals surface area contributed by atoms with E-state index in [9.17, 15) is 0 Å². The van der Waals surface area contributed by atoms with Gasteiger partial charge in [0, 0.05) is 6.04 Å². The molecule has 0 aromatic heterocycles. The van der Waals surface area contributed by atoms with E-state index in [0.717, 1.165) is 5.92 Å². The quantitative estimate of drug-likeness (QED) is 0.622. The van der Waals surface area contributed by atoms with Crippen molar-refractivity contribution in [2.75, 3.05) is 0 Å². The van der Waals surface area contributed by atoms with Crippen LogP contribution < -0.4 is 5.32 Å². The van der Waals surface area contributed by atoms with Crippen molar-refractivity contribution in [3.05, 3.63) is 12.8 Å². The first-order valence-electron chi connectivity index (χ1n) is 4.63. The summed E-state index contributed by atoms with van der Waals surface area (Å²) in [6.07, 6.45) is 5.57. The zero-order valence-electron chi connectivity index (χ0n) is 8.06. The van der Waals surface area contributed by atoms with Gasteiger partial charge in [-0.15, -0.1) is 0 Å². The van der Waals surface area contributed by atoms with E-state index in [1.54, 1.807) is 6.20 Å². The van der Waals surface area contributed by atoms with Crippen LogP contribution in [0.3, 0.4) is 0 Å². The zero-order chi connectivity index (χ0) is 8.69. The van der Waals surface area contributed by atoms with E-state index >= 15 is 0 Å². The highest BCUT2D eigenvalue weighted by Gasteiger charge is 2.11. The van der Waals surface area contributed by atoms with Crippen LogP contribution in [0.25, 0.3) is 0 Å². The molecule has 0 saturated heterocycles. The fourth-order valence-electron chi connectivity index (χ4n) is 1.49. The van der Waals surface area contributed by atoms with E-state index in [-0.39, 0.29) is 0 Å². The molecule has 0 aliphatic heterocycles. The highest BCUT2D eigenvalue weighted by molar-refractivity contribution is 4.77. The predicted molar refractivity (Wildman–Crippen MR) is 51.5 cm³/mol. The van der Waals surface area contributed by atoms with Crippen molar-refractivity contribution in [1.82, 2.24) is 5.32 Å². The third-order valence-corrected chi connectivity index (χ3v) is 2.20. The fourth-order valence-corrected chi connectivity index (χ4v) is 1.49. The van der Waals surface area contributed by atoms with Crippen molar-refractivity contribution in [3.63, 3.8) is 0 Å². The maximum absolute atomic E-state index is 3.68. The Bertz CT molecular complexity index is 99.0. The van der Waals surface area contributed by atoms with Crippen molar-refractivity contribution >= 4 is 0 Å². The molecule has 0 amide bonds. The van der Waals surface area contributed by atoms with Gasteiger partial charge in [0.05, 0.1) is 0 Å². The average molecular weight is 155 g/mol. The first-order valence-corrected chi connectivity index (χ1v) is 4.63. The highest BCUT2D eigenvalue weighted by atomic mass is 14.9. The van der Waals surface area contributed by atoms with Gasteiger partial charge in [0.15, 0.2) is 0 Å². The molecule has 1 N–H and O–H groups in total. The van der Waals surface area contributed by atoms with E-state index in [1.165, 1.54) is 19.3 Å². The van der Waals surface area contributed by atoms with Crippen molar-refractivity contribution in [3.8, 4) is 0 Å². The Kier molecular flexibility index (Phi) is 6.00. The molecule has 0 aromatic rings. The maximum Gasteiger partial charge on any atom is 0.0278 e. The normalized spacial score (nSPS) is 15.5. The molecule has 0 bridgehead atoms. The summed E-state index contributed by atoms with van der Waals surface area (Å²) in [5, 5.41) is 3.28. The van der Waals surface area contributed by atoms with Gasteiger partial charge in [-0.3, -0.25) is 0 Å². The van der Waals surface area contributed by atoms with E-state index in [0.29, 0.717) is 6.04 Å². The molecule has 0 rings (SSSR count). The Labute approximate surface area is 70.9 Å². The second kappa shape index (κ2) is 6.26. The van der Waals surface area contributed by atoms with E-state index in [2.05, 4.69) is 32.7 Å². The third-order valence-electron chi connectivity index (χ3n) is 2.20. The molecule has 0 saturated carbocycles. The Balaban J connectivity index is 3.70. The minimum atomic E-state index is 0.618. The molecule has 1 heteroatoms. The summed E-state index contributed by atoms with van der Waals surface area (Å²) in [5.74, 6) is 0.767. The third kappa shape index (κ3) is 4.07. The second-order valence-corrected chi connectivity index (χ2v) is 3.15.